The van der Waals surface area contributed by atoms with Crippen molar-refractivity contribution in [3.05, 3.63) is 33.8 Å². The van der Waals surface area contributed by atoms with Gasteiger partial charge in [-0.1, -0.05) is 35.7 Å². The second kappa shape index (κ2) is 9.44. The van der Waals surface area contributed by atoms with Gasteiger partial charge in [0.05, 0.1) is 42.6 Å². The summed E-state index contributed by atoms with van der Waals surface area (Å²) in [6.07, 6.45) is 7.92. The van der Waals surface area contributed by atoms with Crippen LogP contribution in [0.4, 0.5) is 0 Å². The fourth-order valence-electron chi connectivity index (χ4n) is 4.79. The van der Waals surface area contributed by atoms with E-state index in [2.05, 4.69) is 7.05 Å². The number of hydrogen-bond donors (Lipinski definition) is 0. The summed E-state index contributed by atoms with van der Waals surface area (Å²) in [5.41, 5.74) is 0.931. The minimum absolute atomic E-state index is 0. The lowest BCUT2D eigenvalue weighted by Crippen LogP contribution is -3.00. The van der Waals surface area contributed by atoms with E-state index in [1.165, 1.54) is 45.2 Å². The quantitative estimate of drug-likeness (QED) is 0.444. The highest BCUT2D eigenvalue weighted by Gasteiger charge is 2.44. The predicted molar refractivity (Wildman–Crippen MR) is 104 cm³/mol. The number of carbonyl (C=O) groups excluding carboxylic acids is 1. The maximum Gasteiger partial charge on any atom is 0.227 e. The predicted octanol–water partition coefficient (Wildman–Crippen LogP) is 1.55. The van der Waals surface area contributed by atoms with Crippen molar-refractivity contribution in [2.24, 2.45) is 0 Å². The number of hydrogen-bond acceptors (Lipinski definition) is 1. The Hall–Kier alpha value is -0.0400. The topological polar surface area (TPSA) is 20.3 Å². The first-order chi connectivity index (χ1) is 11.9. The molecule has 1 saturated heterocycles. The fraction of sp³-hybridized carbons (Fsp3) is 0.650. The molecule has 3 rings (SSSR count). The number of nitrogens with zero attached hydrogens (tertiary/aromatic N) is 2. The molecule has 1 aromatic rings. The molecule has 1 aliphatic carbocycles. The van der Waals surface area contributed by atoms with Crippen molar-refractivity contribution in [3.8, 4) is 0 Å². The number of quaternary nitrogens is 1. The number of rotatable bonds is 4. The molecule has 6 heteroatoms. The van der Waals surface area contributed by atoms with Gasteiger partial charge < -0.3 is 33.4 Å². The number of benzene rings is 1. The van der Waals surface area contributed by atoms with Crippen molar-refractivity contribution in [2.75, 3.05) is 27.2 Å². The van der Waals surface area contributed by atoms with Gasteiger partial charge in [0.15, 0.2) is 0 Å². The van der Waals surface area contributed by atoms with Crippen LogP contribution in [0.3, 0.4) is 0 Å². The summed E-state index contributed by atoms with van der Waals surface area (Å²) in [4.78, 5) is 14.9. The lowest BCUT2D eigenvalue weighted by Gasteiger charge is -2.47. The molecule has 2 fully saturated rings. The van der Waals surface area contributed by atoms with Gasteiger partial charge in [0.2, 0.25) is 5.91 Å². The third-order valence-corrected chi connectivity index (χ3v) is 7.05. The summed E-state index contributed by atoms with van der Waals surface area (Å²) in [6.45, 7) is 2.52. The van der Waals surface area contributed by atoms with Gasteiger partial charge in [-0.05, 0) is 30.5 Å². The molecule has 1 heterocycles. The Bertz CT molecular complexity index is 634. The van der Waals surface area contributed by atoms with Gasteiger partial charge in [-0.25, -0.2) is 0 Å². The van der Waals surface area contributed by atoms with Crippen LogP contribution in [0.5, 0.6) is 0 Å². The van der Waals surface area contributed by atoms with E-state index in [-0.39, 0.29) is 29.9 Å². The van der Waals surface area contributed by atoms with Gasteiger partial charge in [0.25, 0.3) is 0 Å². The van der Waals surface area contributed by atoms with Crippen LogP contribution in [0.1, 0.15) is 44.1 Å². The Labute approximate surface area is 184 Å². The minimum atomic E-state index is 0. The minimum Gasteiger partial charge on any atom is -1.00 e. The Morgan fingerprint density at radius 3 is 2.42 bits per heavy atom. The SMILES string of the molecule is CN(C(=O)Cc1ccc(Cl)c(Cl)c1)[C@H]1CCCC[C@@H]1[N+]1(C)CCCC1.[I-]. The van der Waals surface area contributed by atoms with Crippen LogP contribution >= 0.6 is 23.2 Å². The molecule has 1 amide bonds. The van der Waals surface area contributed by atoms with Gasteiger partial charge in [0.1, 0.15) is 6.04 Å². The maximum atomic E-state index is 12.9. The molecule has 2 atom stereocenters. The van der Waals surface area contributed by atoms with E-state index in [4.69, 9.17) is 23.2 Å². The maximum absolute atomic E-state index is 12.9. The van der Waals surface area contributed by atoms with Gasteiger partial charge in [-0.15, -0.1) is 0 Å². The standard InChI is InChI=1S/C20H29Cl2N2O.HI/c1-23(20(25)14-15-9-10-16(21)17(22)13-15)18-7-3-4-8-19(18)24(2)11-5-6-12-24;/h9-10,13,18-19H,3-8,11-12,14H2,1-2H3;1H/q+1;/p-1/t18-,19-;/m0./s1. The molecule has 2 aliphatic rings. The average Bonchev–Trinajstić information content (AvgIpc) is 3.05. The van der Waals surface area contributed by atoms with E-state index in [9.17, 15) is 4.79 Å². The Balaban J connectivity index is 0.00000243. The summed E-state index contributed by atoms with van der Waals surface area (Å²) in [5.74, 6) is 0.182. The van der Waals surface area contributed by atoms with E-state index in [1.54, 1.807) is 6.07 Å². The highest BCUT2D eigenvalue weighted by Crippen LogP contribution is 2.34. The van der Waals surface area contributed by atoms with Crippen LogP contribution in [0.15, 0.2) is 18.2 Å². The largest absolute Gasteiger partial charge is 1.00 e. The molecule has 3 nitrogen and oxygen atoms in total. The van der Waals surface area contributed by atoms with Crippen molar-refractivity contribution in [1.82, 2.24) is 4.90 Å². The zero-order valence-electron chi connectivity index (χ0n) is 15.7. The summed E-state index contributed by atoms with van der Waals surface area (Å²) >= 11 is 12.1. The van der Waals surface area contributed by atoms with Crippen LogP contribution in [-0.2, 0) is 11.2 Å². The highest BCUT2D eigenvalue weighted by atomic mass is 127. The van der Waals surface area contributed by atoms with Crippen LogP contribution in [-0.4, -0.2) is 54.6 Å². The van der Waals surface area contributed by atoms with Crippen molar-refractivity contribution >= 4 is 29.1 Å². The van der Waals surface area contributed by atoms with E-state index in [1.807, 2.05) is 24.1 Å². The highest BCUT2D eigenvalue weighted by molar-refractivity contribution is 6.42. The van der Waals surface area contributed by atoms with E-state index in [0.717, 1.165) is 16.5 Å². The smallest absolute Gasteiger partial charge is 0.227 e. The summed E-state index contributed by atoms with van der Waals surface area (Å²) in [6, 6.07) is 6.41. The summed E-state index contributed by atoms with van der Waals surface area (Å²) < 4.78 is 1.15. The summed E-state index contributed by atoms with van der Waals surface area (Å²) in [5, 5.41) is 1.05. The van der Waals surface area contributed by atoms with Crippen molar-refractivity contribution in [2.45, 2.75) is 57.0 Å². The molecule has 0 spiro atoms. The molecule has 0 N–H and O–H groups in total. The van der Waals surface area contributed by atoms with Gasteiger partial charge in [-0.3, -0.25) is 4.79 Å². The number of halogens is 3. The van der Waals surface area contributed by atoms with Crippen LogP contribution in [0.2, 0.25) is 10.0 Å². The third kappa shape index (κ3) is 4.86. The van der Waals surface area contributed by atoms with E-state index in [0.29, 0.717) is 28.5 Å². The molecule has 1 saturated carbocycles. The Morgan fingerprint density at radius 2 is 1.77 bits per heavy atom. The van der Waals surface area contributed by atoms with Crippen molar-refractivity contribution < 1.29 is 33.3 Å². The molecular weight excluding hydrogens is 482 g/mol. The molecule has 0 aromatic heterocycles. The van der Waals surface area contributed by atoms with Gasteiger partial charge in [0, 0.05) is 26.3 Å². The Kier molecular flexibility index (Phi) is 8.08. The van der Waals surface area contributed by atoms with Crippen LogP contribution in [0, 0.1) is 0 Å². The van der Waals surface area contributed by atoms with Gasteiger partial charge in [-0.2, -0.15) is 0 Å². The molecule has 26 heavy (non-hydrogen) atoms. The first-order valence-electron chi connectivity index (χ1n) is 9.44. The van der Waals surface area contributed by atoms with Crippen LogP contribution < -0.4 is 24.0 Å². The number of carbonyl (C=O) groups is 1. The molecule has 1 aliphatic heterocycles. The number of amides is 1. The number of likely N-dealkylation sites (N-methyl/N-ethyl adjacent to an activating group) is 2. The first kappa shape index (κ1) is 22.3. The molecular formula is C20H29Cl2IN2O. The van der Waals surface area contributed by atoms with Crippen molar-refractivity contribution in [1.29, 1.82) is 0 Å². The molecule has 146 valence electrons. The third-order valence-electron chi connectivity index (χ3n) is 6.31. The Morgan fingerprint density at radius 1 is 1.12 bits per heavy atom. The number of likely N-dealkylation sites (tertiary alicyclic amines) is 1. The molecule has 1 aromatic carbocycles. The molecule has 0 unspecified atom stereocenters. The van der Waals surface area contributed by atoms with E-state index >= 15 is 0 Å². The van der Waals surface area contributed by atoms with Gasteiger partial charge >= 0.3 is 0 Å². The lowest BCUT2D eigenvalue weighted by molar-refractivity contribution is -0.925. The monoisotopic (exact) mass is 510 g/mol. The molecule has 0 bridgehead atoms. The average molecular weight is 511 g/mol. The zero-order chi connectivity index (χ0) is 18.0. The fourth-order valence-corrected chi connectivity index (χ4v) is 5.11. The zero-order valence-corrected chi connectivity index (χ0v) is 19.4. The first-order valence-corrected chi connectivity index (χ1v) is 10.2. The molecule has 0 radical (unpaired) electrons. The second-order valence-electron chi connectivity index (χ2n) is 7.98. The van der Waals surface area contributed by atoms with E-state index < -0.39 is 0 Å². The summed E-state index contributed by atoms with van der Waals surface area (Å²) in [7, 11) is 4.39. The second-order valence-corrected chi connectivity index (χ2v) is 8.80. The van der Waals surface area contributed by atoms with Crippen molar-refractivity contribution in [3.63, 3.8) is 0 Å². The normalized spacial score (nSPS) is 24.8. The lowest BCUT2D eigenvalue weighted by atomic mass is 9.86. The van der Waals surface area contributed by atoms with Crippen LogP contribution in [0.25, 0.3) is 0 Å².